The Morgan fingerprint density at radius 3 is 2.36 bits per heavy atom. The minimum Gasteiger partial charge on any atom is -0.464 e. The summed E-state index contributed by atoms with van der Waals surface area (Å²) in [6.07, 6.45) is -1.27. The summed E-state index contributed by atoms with van der Waals surface area (Å²) in [5.74, 6) is -0.629. The first-order valence-corrected chi connectivity index (χ1v) is 7.34. The number of carbonyl (C=O) groups excluding carboxylic acids is 1. The van der Waals surface area contributed by atoms with Gasteiger partial charge in [-0.3, -0.25) is 0 Å². The lowest BCUT2D eigenvalue weighted by atomic mass is 10.0. The smallest absolute Gasteiger partial charge is 0.337 e. The van der Waals surface area contributed by atoms with Crippen LogP contribution in [0.1, 0.15) is 24.1 Å². The Morgan fingerprint density at radius 2 is 1.77 bits per heavy atom. The Morgan fingerprint density at radius 1 is 1.14 bits per heavy atom. The normalized spacial score (nSPS) is 13.2. The van der Waals surface area contributed by atoms with Gasteiger partial charge in [0.1, 0.15) is 0 Å². The van der Waals surface area contributed by atoms with E-state index in [1.54, 1.807) is 6.92 Å². The van der Waals surface area contributed by atoms with Gasteiger partial charge in [0.15, 0.2) is 6.10 Å². The average molecular weight is 299 g/mol. The van der Waals surface area contributed by atoms with Crippen LogP contribution in [0.3, 0.4) is 0 Å². The van der Waals surface area contributed by atoms with Crippen LogP contribution in [0.2, 0.25) is 0 Å². The molecule has 0 aliphatic heterocycles. The molecule has 2 rings (SSSR count). The number of carbonyl (C=O) groups is 1. The second-order valence-electron chi connectivity index (χ2n) is 5.10. The number of anilines is 1. The number of esters is 1. The summed E-state index contributed by atoms with van der Waals surface area (Å²) in [7, 11) is 0. The first-order chi connectivity index (χ1) is 10.6. The molecule has 0 aliphatic rings. The number of nitrogens with one attached hydrogen (secondary N) is 1. The Hall–Kier alpha value is -2.33. The van der Waals surface area contributed by atoms with Crippen LogP contribution in [0.15, 0.2) is 54.6 Å². The first kappa shape index (κ1) is 16.0. The highest BCUT2D eigenvalue weighted by Gasteiger charge is 2.28. The Balaban J connectivity index is 2.25. The summed E-state index contributed by atoms with van der Waals surface area (Å²) in [5, 5.41) is 13.6. The quantitative estimate of drug-likeness (QED) is 0.805. The maximum absolute atomic E-state index is 11.9. The number of hydrogen-bond acceptors (Lipinski definition) is 4. The highest BCUT2D eigenvalue weighted by molar-refractivity contribution is 5.76. The number of rotatable bonds is 6. The zero-order valence-corrected chi connectivity index (χ0v) is 12.8. The van der Waals surface area contributed by atoms with Crippen molar-refractivity contribution < 1.29 is 14.6 Å². The molecule has 0 spiro atoms. The molecule has 4 nitrogen and oxygen atoms in total. The lowest BCUT2D eigenvalue weighted by molar-refractivity contribution is -0.153. The summed E-state index contributed by atoms with van der Waals surface area (Å²) in [4.78, 5) is 11.9. The van der Waals surface area contributed by atoms with E-state index >= 15 is 0 Å². The van der Waals surface area contributed by atoms with E-state index in [1.807, 2.05) is 61.5 Å². The summed E-state index contributed by atoms with van der Waals surface area (Å²) in [5.41, 5.74) is 2.80. The average Bonchev–Trinajstić information content (AvgIpc) is 2.55. The fourth-order valence-electron chi connectivity index (χ4n) is 2.20. The lowest BCUT2D eigenvalue weighted by Gasteiger charge is -2.24. The molecule has 0 aromatic heterocycles. The maximum Gasteiger partial charge on any atom is 0.337 e. The van der Waals surface area contributed by atoms with Crippen molar-refractivity contribution in [2.45, 2.75) is 26.0 Å². The molecule has 0 aliphatic carbocycles. The Kier molecular flexibility index (Phi) is 5.55. The third-order valence-corrected chi connectivity index (χ3v) is 3.38. The van der Waals surface area contributed by atoms with Crippen LogP contribution in [0.5, 0.6) is 0 Å². The molecular weight excluding hydrogens is 278 g/mol. The van der Waals surface area contributed by atoms with E-state index in [0.717, 1.165) is 16.8 Å². The van der Waals surface area contributed by atoms with Crippen molar-refractivity contribution in [2.24, 2.45) is 0 Å². The first-order valence-electron chi connectivity index (χ1n) is 7.34. The van der Waals surface area contributed by atoms with Gasteiger partial charge in [0.2, 0.25) is 0 Å². The van der Waals surface area contributed by atoms with Crippen LogP contribution in [0, 0.1) is 6.92 Å². The van der Waals surface area contributed by atoms with Crippen molar-refractivity contribution in [1.82, 2.24) is 0 Å². The third-order valence-electron chi connectivity index (χ3n) is 3.38. The number of hydrogen-bond donors (Lipinski definition) is 2. The van der Waals surface area contributed by atoms with Gasteiger partial charge in [0, 0.05) is 5.69 Å². The van der Waals surface area contributed by atoms with Crippen LogP contribution in [-0.2, 0) is 9.53 Å². The van der Waals surface area contributed by atoms with Gasteiger partial charge in [-0.2, -0.15) is 0 Å². The van der Waals surface area contributed by atoms with E-state index < -0.39 is 18.1 Å². The fourth-order valence-corrected chi connectivity index (χ4v) is 2.20. The standard InChI is InChI=1S/C18H21NO3/c1-3-22-18(21)17(20)16(14-7-5-4-6-8-14)19-15-11-9-13(2)10-12-15/h4-12,16-17,19-20H,3H2,1-2H3/t16-,17-/m0/s1. The van der Waals surface area contributed by atoms with E-state index in [9.17, 15) is 9.90 Å². The SMILES string of the molecule is CCOC(=O)[C@@H](O)[C@@H](Nc1ccc(C)cc1)c1ccccc1. The molecule has 0 heterocycles. The van der Waals surface area contributed by atoms with Crippen molar-refractivity contribution in [3.05, 3.63) is 65.7 Å². The fraction of sp³-hybridized carbons (Fsp3) is 0.278. The molecule has 0 saturated heterocycles. The van der Waals surface area contributed by atoms with Gasteiger partial charge in [0.05, 0.1) is 12.6 Å². The number of ether oxygens (including phenoxy) is 1. The van der Waals surface area contributed by atoms with Gasteiger partial charge in [-0.05, 0) is 31.5 Å². The topological polar surface area (TPSA) is 58.6 Å². The van der Waals surface area contributed by atoms with Crippen molar-refractivity contribution in [2.75, 3.05) is 11.9 Å². The molecule has 0 bridgehead atoms. The monoisotopic (exact) mass is 299 g/mol. The van der Waals surface area contributed by atoms with Crippen LogP contribution in [-0.4, -0.2) is 23.8 Å². The van der Waals surface area contributed by atoms with Crippen LogP contribution < -0.4 is 5.32 Å². The highest BCUT2D eigenvalue weighted by atomic mass is 16.5. The molecule has 4 heteroatoms. The molecule has 116 valence electrons. The summed E-state index contributed by atoms with van der Waals surface area (Å²) in [6, 6.07) is 16.6. The molecule has 0 saturated carbocycles. The largest absolute Gasteiger partial charge is 0.464 e. The number of aliphatic hydroxyl groups is 1. The molecule has 22 heavy (non-hydrogen) atoms. The van der Waals surface area contributed by atoms with Crippen LogP contribution in [0.4, 0.5) is 5.69 Å². The number of benzene rings is 2. The van der Waals surface area contributed by atoms with Gasteiger partial charge in [-0.25, -0.2) is 4.79 Å². The van der Waals surface area contributed by atoms with E-state index in [1.165, 1.54) is 0 Å². The molecular formula is C18H21NO3. The summed E-state index contributed by atoms with van der Waals surface area (Å²) >= 11 is 0. The molecule has 0 fully saturated rings. The van der Waals surface area contributed by atoms with Crippen molar-refractivity contribution in [1.29, 1.82) is 0 Å². The third kappa shape index (κ3) is 4.09. The number of aryl methyl sites for hydroxylation is 1. The van der Waals surface area contributed by atoms with Gasteiger partial charge in [0.25, 0.3) is 0 Å². The Labute approximate surface area is 130 Å². The van der Waals surface area contributed by atoms with Crippen LogP contribution in [0.25, 0.3) is 0 Å². The van der Waals surface area contributed by atoms with Gasteiger partial charge in [-0.15, -0.1) is 0 Å². The second kappa shape index (κ2) is 7.61. The van der Waals surface area contributed by atoms with Crippen molar-refractivity contribution >= 4 is 11.7 Å². The zero-order valence-electron chi connectivity index (χ0n) is 12.8. The second-order valence-corrected chi connectivity index (χ2v) is 5.10. The van der Waals surface area contributed by atoms with E-state index in [4.69, 9.17) is 4.74 Å². The predicted molar refractivity (Wildman–Crippen MR) is 86.6 cm³/mol. The molecule has 0 unspecified atom stereocenters. The lowest BCUT2D eigenvalue weighted by Crippen LogP contribution is -2.34. The van der Waals surface area contributed by atoms with Gasteiger partial charge in [-0.1, -0.05) is 48.0 Å². The summed E-state index contributed by atoms with van der Waals surface area (Å²) in [6.45, 7) is 3.96. The van der Waals surface area contributed by atoms with E-state index in [2.05, 4.69) is 5.32 Å². The molecule has 0 amide bonds. The minimum atomic E-state index is -1.27. The molecule has 2 atom stereocenters. The van der Waals surface area contributed by atoms with E-state index in [-0.39, 0.29) is 6.61 Å². The highest BCUT2D eigenvalue weighted by Crippen LogP contribution is 2.24. The van der Waals surface area contributed by atoms with E-state index in [0.29, 0.717) is 0 Å². The van der Waals surface area contributed by atoms with Gasteiger partial charge >= 0.3 is 5.97 Å². The summed E-state index contributed by atoms with van der Waals surface area (Å²) < 4.78 is 4.93. The zero-order chi connectivity index (χ0) is 15.9. The number of aliphatic hydroxyl groups excluding tert-OH is 1. The van der Waals surface area contributed by atoms with Crippen molar-refractivity contribution in [3.8, 4) is 0 Å². The molecule has 2 N–H and O–H groups in total. The molecule has 2 aromatic rings. The minimum absolute atomic E-state index is 0.238. The van der Waals surface area contributed by atoms with Gasteiger partial charge < -0.3 is 15.2 Å². The molecule has 2 aromatic carbocycles. The van der Waals surface area contributed by atoms with Crippen molar-refractivity contribution in [3.63, 3.8) is 0 Å². The molecule has 0 radical (unpaired) electrons. The maximum atomic E-state index is 11.9. The Bertz CT molecular complexity index is 595. The predicted octanol–water partition coefficient (Wildman–Crippen LogP) is 3.07. The van der Waals surface area contributed by atoms with Crippen LogP contribution >= 0.6 is 0 Å².